The van der Waals surface area contributed by atoms with Gasteiger partial charge in [-0.15, -0.1) is 0 Å². The molecule has 1 aliphatic heterocycles. The van der Waals surface area contributed by atoms with Crippen molar-refractivity contribution in [3.63, 3.8) is 0 Å². The number of nitrogens with two attached hydrogens (primary N) is 1. The minimum absolute atomic E-state index is 0.0869. The summed E-state index contributed by atoms with van der Waals surface area (Å²) < 4.78 is 10.8. The fourth-order valence-electron chi connectivity index (χ4n) is 2.66. The molecule has 0 bridgehead atoms. The standard InChI is InChI=1S/C16H26N4O3/c1-16(2,3)23-15(21)20-8-7-19(10-12(20)11-22-4)14-5-6-18-9-13(14)17/h5-6,9,12H,7-8,10-11,17H2,1-4H3/t12-/m1/s1. The molecule has 1 saturated heterocycles. The van der Waals surface area contributed by atoms with Crippen molar-refractivity contribution in [3.05, 3.63) is 18.5 Å². The molecule has 0 radical (unpaired) electrons. The number of piperazine rings is 1. The highest BCUT2D eigenvalue weighted by atomic mass is 16.6. The highest BCUT2D eigenvalue weighted by molar-refractivity contribution is 5.70. The molecule has 0 unspecified atom stereocenters. The summed E-state index contributed by atoms with van der Waals surface area (Å²) >= 11 is 0. The van der Waals surface area contributed by atoms with Crippen LogP contribution in [0.25, 0.3) is 0 Å². The number of amides is 1. The van der Waals surface area contributed by atoms with Crippen molar-refractivity contribution in [1.82, 2.24) is 9.88 Å². The average Bonchev–Trinajstić information content (AvgIpc) is 2.46. The van der Waals surface area contributed by atoms with Gasteiger partial charge in [0.2, 0.25) is 0 Å². The molecule has 128 valence electrons. The Labute approximate surface area is 137 Å². The van der Waals surface area contributed by atoms with Gasteiger partial charge in [0.1, 0.15) is 5.60 Å². The molecule has 0 spiro atoms. The molecule has 0 saturated carbocycles. The number of aromatic nitrogens is 1. The van der Waals surface area contributed by atoms with Crippen molar-refractivity contribution < 1.29 is 14.3 Å². The zero-order valence-electron chi connectivity index (χ0n) is 14.3. The fraction of sp³-hybridized carbons (Fsp3) is 0.625. The number of anilines is 2. The lowest BCUT2D eigenvalue weighted by atomic mass is 10.1. The molecule has 2 rings (SSSR count). The Bertz CT molecular complexity index is 544. The summed E-state index contributed by atoms with van der Waals surface area (Å²) in [7, 11) is 1.63. The Morgan fingerprint density at radius 2 is 2.17 bits per heavy atom. The molecule has 0 aromatic carbocycles. The van der Waals surface area contributed by atoms with Crippen LogP contribution < -0.4 is 10.6 Å². The lowest BCUT2D eigenvalue weighted by Crippen LogP contribution is -2.57. The summed E-state index contributed by atoms with van der Waals surface area (Å²) in [5.74, 6) is 0. The van der Waals surface area contributed by atoms with E-state index in [4.69, 9.17) is 15.2 Å². The summed E-state index contributed by atoms with van der Waals surface area (Å²) in [6, 6.07) is 1.80. The molecule has 1 atom stereocenters. The Morgan fingerprint density at radius 3 is 2.78 bits per heavy atom. The van der Waals surface area contributed by atoms with E-state index in [1.807, 2.05) is 26.8 Å². The van der Waals surface area contributed by atoms with Crippen molar-refractivity contribution in [2.45, 2.75) is 32.4 Å². The first-order chi connectivity index (χ1) is 10.8. The smallest absolute Gasteiger partial charge is 0.410 e. The van der Waals surface area contributed by atoms with E-state index in [9.17, 15) is 4.79 Å². The molecular formula is C16H26N4O3. The monoisotopic (exact) mass is 322 g/mol. The SMILES string of the molecule is COC[C@H]1CN(c2ccncc2N)CCN1C(=O)OC(C)(C)C. The normalized spacial score (nSPS) is 18.9. The Morgan fingerprint density at radius 1 is 1.43 bits per heavy atom. The molecule has 1 aromatic rings. The van der Waals surface area contributed by atoms with Gasteiger partial charge in [0, 0.05) is 32.9 Å². The number of methoxy groups -OCH3 is 1. The van der Waals surface area contributed by atoms with Crippen molar-refractivity contribution in [3.8, 4) is 0 Å². The molecule has 1 aliphatic rings. The van der Waals surface area contributed by atoms with Crippen LogP contribution in [0.1, 0.15) is 20.8 Å². The minimum Gasteiger partial charge on any atom is -0.444 e. The minimum atomic E-state index is -0.513. The predicted octanol–water partition coefficient (Wildman–Crippen LogP) is 1.74. The summed E-state index contributed by atoms with van der Waals surface area (Å²) in [6.45, 7) is 7.93. The van der Waals surface area contributed by atoms with Gasteiger partial charge >= 0.3 is 6.09 Å². The van der Waals surface area contributed by atoms with Crippen LogP contribution in [0.2, 0.25) is 0 Å². The van der Waals surface area contributed by atoms with Gasteiger partial charge in [-0.1, -0.05) is 0 Å². The Hall–Kier alpha value is -2.02. The molecule has 2 N–H and O–H groups in total. The quantitative estimate of drug-likeness (QED) is 0.913. The second kappa shape index (κ2) is 7.04. The number of nitrogens with zero attached hydrogens (tertiary/aromatic N) is 3. The zero-order valence-corrected chi connectivity index (χ0v) is 14.3. The topological polar surface area (TPSA) is 80.9 Å². The maximum Gasteiger partial charge on any atom is 0.410 e. The molecule has 23 heavy (non-hydrogen) atoms. The number of rotatable bonds is 3. The third-order valence-electron chi connectivity index (χ3n) is 3.64. The maximum atomic E-state index is 12.4. The summed E-state index contributed by atoms with van der Waals surface area (Å²) in [5, 5.41) is 0. The van der Waals surface area contributed by atoms with Crippen LogP contribution in [0.5, 0.6) is 0 Å². The molecule has 1 fully saturated rings. The first-order valence-electron chi connectivity index (χ1n) is 7.75. The number of nitrogen functional groups attached to an aromatic ring is 1. The van der Waals surface area contributed by atoms with Gasteiger partial charge in [-0.25, -0.2) is 4.79 Å². The van der Waals surface area contributed by atoms with Crippen LogP contribution in [0, 0.1) is 0 Å². The second-order valence-corrected chi connectivity index (χ2v) is 6.66. The summed E-state index contributed by atoms with van der Waals surface area (Å²) in [6.07, 6.45) is 3.06. The fourth-order valence-corrected chi connectivity index (χ4v) is 2.66. The van der Waals surface area contributed by atoms with Gasteiger partial charge in [0.05, 0.1) is 30.2 Å². The van der Waals surface area contributed by atoms with E-state index in [1.165, 1.54) is 0 Å². The van der Waals surface area contributed by atoms with E-state index in [0.717, 1.165) is 5.69 Å². The van der Waals surface area contributed by atoms with Gasteiger partial charge in [-0.05, 0) is 26.8 Å². The van der Waals surface area contributed by atoms with Crippen LogP contribution in [-0.2, 0) is 9.47 Å². The van der Waals surface area contributed by atoms with E-state index in [-0.39, 0.29) is 12.1 Å². The first kappa shape index (κ1) is 17.3. The molecule has 1 aromatic heterocycles. The summed E-state index contributed by atoms with van der Waals surface area (Å²) in [4.78, 5) is 20.3. The molecule has 7 nitrogen and oxygen atoms in total. The highest BCUT2D eigenvalue weighted by Crippen LogP contribution is 2.25. The second-order valence-electron chi connectivity index (χ2n) is 6.66. The van der Waals surface area contributed by atoms with Crippen LogP contribution in [0.4, 0.5) is 16.2 Å². The number of ether oxygens (including phenoxy) is 2. The summed E-state index contributed by atoms with van der Waals surface area (Å²) in [5.41, 5.74) is 7.06. The van der Waals surface area contributed by atoms with E-state index in [2.05, 4.69) is 9.88 Å². The predicted molar refractivity (Wildman–Crippen MR) is 89.5 cm³/mol. The Balaban J connectivity index is 2.11. The third kappa shape index (κ3) is 4.48. The Kier molecular flexibility index (Phi) is 5.30. The molecule has 1 amide bonds. The van der Waals surface area contributed by atoms with E-state index >= 15 is 0 Å². The largest absolute Gasteiger partial charge is 0.444 e. The number of hydrogen-bond acceptors (Lipinski definition) is 6. The van der Waals surface area contributed by atoms with Crippen LogP contribution >= 0.6 is 0 Å². The van der Waals surface area contributed by atoms with E-state index < -0.39 is 5.60 Å². The lowest BCUT2D eigenvalue weighted by molar-refractivity contribution is 0.00345. The lowest BCUT2D eigenvalue weighted by Gasteiger charge is -2.42. The number of pyridine rings is 1. The highest BCUT2D eigenvalue weighted by Gasteiger charge is 2.33. The number of carbonyl (C=O) groups is 1. The van der Waals surface area contributed by atoms with Crippen molar-refractivity contribution in [1.29, 1.82) is 0 Å². The van der Waals surface area contributed by atoms with Crippen molar-refractivity contribution in [2.75, 3.05) is 44.0 Å². The zero-order chi connectivity index (χ0) is 17.0. The third-order valence-corrected chi connectivity index (χ3v) is 3.64. The van der Waals surface area contributed by atoms with Gasteiger partial charge in [0.25, 0.3) is 0 Å². The van der Waals surface area contributed by atoms with Crippen LogP contribution in [0.3, 0.4) is 0 Å². The first-order valence-corrected chi connectivity index (χ1v) is 7.75. The average molecular weight is 322 g/mol. The molecule has 2 heterocycles. The van der Waals surface area contributed by atoms with Gasteiger partial charge in [-0.2, -0.15) is 0 Å². The number of carbonyl (C=O) groups excluding carboxylic acids is 1. The van der Waals surface area contributed by atoms with Crippen LogP contribution in [0.15, 0.2) is 18.5 Å². The molecule has 0 aliphatic carbocycles. The van der Waals surface area contributed by atoms with E-state index in [1.54, 1.807) is 24.4 Å². The molecular weight excluding hydrogens is 296 g/mol. The van der Waals surface area contributed by atoms with Gasteiger partial charge in [-0.3, -0.25) is 9.88 Å². The maximum absolute atomic E-state index is 12.4. The van der Waals surface area contributed by atoms with E-state index in [0.29, 0.717) is 31.9 Å². The van der Waals surface area contributed by atoms with Gasteiger partial charge < -0.3 is 20.1 Å². The molecule has 7 heteroatoms. The van der Waals surface area contributed by atoms with Crippen LogP contribution in [-0.4, -0.2) is 61.0 Å². The number of hydrogen-bond donors (Lipinski definition) is 1. The van der Waals surface area contributed by atoms with Crippen molar-refractivity contribution >= 4 is 17.5 Å². The van der Waals surface area contributed by atoms with Gasteiger partial charge in [0.15, 0.2) is 0 Å². The van der Waals surface area contributed by atoms with Crippen molar-refractivity contribution in [2.24, 2.45) is 0 Å².